The van der Waals surface area contributed by atoms with E-state index >= 15 is 0 Å². The van der Waals surface area contributed by atoms with E-state index in [9.17, 15) is 4.79 Å². The van der Waals surface area contributed by atoms with Crippen molar-refractivity contribution in [1.82, 2.24) is 9.80 Å². The number of halogens is 1. The van der Waals surface area contributed by atoms with Gasteiger partial charge in [0.05, 0.1) is 0 Å². The maximum absolute atomic E-state index is 11.5. The van der Waals surface area contributed by atoms with E-state index in [0.717, 1.165) is 45.4 Å². The molecule has 3 nitrogen and oxygen atoms in total. The van der Waals surface area contributed by atoms with E-state index in [0.29, 0.717) is 5.91 Å². The molecule has 0 aromatic carbocycles. The number of hydrogen-bond donors (Lipinski definition) is 0. The quantitative estimate of drug-likeness (QED) is 0.800. The minimum atomic E-state index is 0.333. The maximum atomic E-state index is 11.5. The molecule has 100 valence electrons. The van der Waals surface area contributed by atoms with Crippen LogP contribution in [0.5, 0.6) is 0 Å². The lowest BCUT2D eigenvalue weighted by atomic mass is 10.3. The molecule has 1 aliphatic heterocycles. The van der Waals surface area contributed by atoms with Crippen LogP contribution in [0, 0.1) is 0 Å². The Bertz CT molecular complexity index is 407. The SMILES string of the molecule is CN(CCCN1CCCC1=O)Cc1cc(Br)cs1. The predicted octanol–water partition coefficient (Wildman–Crippen LogP) is 2.95. The third-order valence-electron chi connectivity index (χ3n) is 3.19. The van der Waals surface area contributed by atoms with Crippen LogP contribution in [-0.4, -0.2) is 42.4 Å². The molecule has 1 aliphatic rings. The molecule has 2 rings (SSSR count). The van der Waals surface area contributed by atoms with Gasteiger partial charge in [-0.25, -0.2) is 0 Å². The molecule has 0 aliphatic carbocycles. The van der Waals surface area contributed by atoms with Gasteiger partial charge in [-0.15, -0.1) is 11.3 Å². The lowest BCUT2D eigenvalue weighted by Gasteiger charge is -2.19. The fourth-order valence-corrected chi connectivity index (χ4v) is 3.78. The number of amides is 1. The van der Waals surface area contributed by atoms with Crippen molar-refractivity contribution in [2.24, 2.45) is 0 Å². The van der Waals surface area contributed by atoms with Crippen molar-refractivity contribution in [3.8, 4) is 0 Å². The molecule has 1 aromatic rings. The number of likely N-dealkylation sites (tertiary alicyclic amines) is 1. The van der Waals surface area contributed by atoms with Gasteiger partial charge in [0.15, 0.2) is 0 Å². The summed E-state index contributed by atoms with van der Waals surface area (Å²) < 4.78 is 1.17. The van der Waals surface area contributed by atoms with Gasteiger partial charge in [-0.1, -0.05) is 0 Å². The third-order valence-corrected chi connectivity index (χ3v) is 4.87. The highest BCUT2D eigenvalue weighted by Crippen LogP contribution is 2.20. The summed E-state index contributed by atoms with van der Waals surface area (Å²) in [5, 5.41) is 2.12. The Balaban J connectivity index is 1.65. The third kappa shape index (κ3) is 4.07. The first kappa shape index (κ1) is 14.0. The van der Waals surface area contributed by atoms with Gasteiger partial charge in [0, 0.05) is 40.8 Å². The molecule has 2 heterocycles. The zero-order valence-corrected chi connectivity index (χ0v) is 13.1. The van der Waals surface area contributed by atoms with Crippen molar-refractivity contribution >= 4 is 33.2 Å². The number of carbonyl (C=O) groups excluding carboxylic acids is 1. The first-order valence-corrected chi connectivity index (χ1v) is 8.01. The molecule has 1 saturated heterocycles. The highest BCUT2D eigenvalue weighted by molar-refractivity contribution is 9.10. The fourth-order valence-electron chi connectivity index (χ4n) is 2.25. The summed E-state index contributed by atoms with van der Waals surface area (Å²) in [5.74, 6) is 0.333. The first-order chi connectivity index (χ1) is 8.65. The van der Waals surface area contributed by atoms with Crippen LogP contribution in [0.15, 0.2) is 15.9 Å². The molecule has 0 atom stereocenters. The second-order valence-corrected chi connectivity index (χ2v) is 6.72. The minimum absolute atomic E-state index is 0.333. The second-order valence-electron chi connectivity index (χ2n) is 4.81. The molecule has 0 spiro atoms. The molecule has 18 heavy (non-hydrogen) atoms. The van der Waals surface area contributed by atoms with Crippen molar-refractivity contribution in [1.29, 1.82) is 0 Å². The van der Waals surface area contributed by atoms with Gasteiger partial charge in [-0.2, -0.15) is 0 Å². The molecule has 1 amide bonds. The Hall–Kier alpha value is -0.390. The van der Waals surface area contributed by atoms with Crippen LogP contribution in [0.25, 0.3) is 0 Å². The second kappa shape index (κ2) is 6.68. The van der Waals surface area contributed by atoms with Crippen LogP contribution in [0.2, 0.25) is 0 Å². The minimum Gasteiger partial charge on any atom is -0.343 e. The van der Waals surface area contributed by atoms with Crippen LogP contribution in [0.4, 0.5) is 0 Å². The van der Waals surface area contributed by atoms with Gasteiger partial charge in [-0.3, -0.25) is 4.79 Å². The first-order valence-electron chi connectivity index (χ1n) is 6.34. The van der Waals surface area contributed by atoms with Crippen molar-refractivity contribution in [3.05, 3.63) is 20.8 Å². The smallest absolute Gasteiger partial charge is 0.222 e. The summed E-state index contributed by atoms with van der Waals surface area (Å²) in [6, 6.07) is 2.17. The highest BCUT2D eigenvalue weighted by atomic mass is 79.9. The highest BCUT2D eigenvalue weighted by Gasteiger charge is 2.19. The monoisotopic (exact) mass is 330 g/mol. The largest absolute Gasteiger partial charge is 0.343 e. The number of rotatable bonds is 6. The van der Waals surface area contributed by atoms with E-state index in [4.69, 9.17) is 0 Å². The fraction of sp³-hybridized carbons (Fsp3) is 0.615. The van der Waals surface area contributed by atoms with E-state index in [1.54, 1.807) is 11.3 Å². The van der Waals surface area contributed by atoms with E-state index < -0.39 is 0 Å². The van der Waals surface area contributed by atoms with E-state index in [1.807, 2.05) is 4.90 Å². The van der Waals surface area contributed by atoms with Crippen molar-refractivity contribution in [3.63, 3.8) is 0 Å². The lowest BCUT2D eigenvalue weighted by molar-refractivity contribution is -0.127. The number of thiophene rings is 1. The van der Waals surface area contributed by atoms with Crippen LogP contribution >= 0.6 is 27.3 Å². The van der Waals surface area contributed by atoms with Crippen LogP contribution in [0.3, 0.4) is 0 Å². The lowest BCUT2D eigenvalue weighted by Crippen LogP contribution is -2.29. The molecule has 5 heteroatoms. The number of hydrogen-bond acceptors (Lipinski definition) is 3. The predicted molar refractivity (Wildman–Crippen MR) is 78.8 cm³/mol. The molecule has 1 fully saturated rings. The number of carbonyl (C=O) groups is 1. The summed E-state index contributed by atoms with van der Waals surface area (Å²) in [6.45, 7) is 3.90. The van der Waals surface area contributed by atoms with E-state index in [2.05, 4.69) is 39.3 Å². The normalized spacial score (nSPS) is 15.9. The van der Waals surface area contributed by atoms with Crippen molar-refractivity contribution < 1.29 is 4.79 Å². The summed E-state index contributed by atoms with van der Waals surface area (Å²) in [7, 11) is 2.14. The van der Waals surface area contributed by atoms with E-state index in [1.165, 1.54) is 9.35 Å². The average Bonchev–Trinajstić information content (AvgIpc) is 2.89. The maximum Gasteiger partial charge on any atom is 0.222 e. The Morgan fingerprint density at radius 3 is 3.00 bits per heavy atom. The van der Waals surface area contributed by atoms with Gasteiger partial charge >= 0.3 is 0 Å². The molecular weight excluding hydrogens is 312 g/mol. The molecular formula is C13H19BrN2OS. The average molecular weight is 331 g/mol. The van der Waals surface area contributed by atoms with Crippen LogP contribution in [-0.2, 0) is 11.3 Å². The Kier molecular flexibility index (Phi) is 5.21. The zero-order chi connectivity index (χ0) is 13.0. The molecule has 0 unspecified atom stereocenters. The summed E-state index contributed by atoms with van der Waals surface area (Å²) in [4.78, 5) is 17.1. The Labute approximate surface area is 121 Å². The molecule has 0 saturated carbocycles. The Morgan fingerprint density at radius 1 is 1.56 bits per heavy atom. The summed E-state index contributed by atoms with van der Waals surface area (Å²) >= 11 is 5.26. The van der Waals surface area contributed by atoms with Gasteiger partial charge < -0.3 is 9.80 Å². The zero-order valence-electron chi connectivity index (χ0n) is 10.7. The van der Waals surface area contributed by atoms with Gasteiger partial charge in [0.1, 0.15) is 0 Å². The molecule has 1 aromatic heterocycles. The van der Waals surface area contributed by atoms with Gasteiger partial charge in [0.2, 0.25) is 5.91 Å². The van der Waals surface area contributed by atoms with Gasteiger partial charge in [-0.05, 0) is 48.4 Å². The van der Waals surface area contributed by atoms with Crippen LogP contribution in [0.1, 0.15) is 24.1 Å². The molecule has 0 radical (unpaired) electrons. The summed E-state index contributed by atoms with van der Waals surface area (Å²) in [5.41, 5.74) is 0. The standard InChI is InChI=1S/C13H19BrN2OS/c1-15(9-12-8-11(14)10-18-12)5-3-7-16-6-2-4-13(16)17/h8,10H,2-7,9H2,1H3. The molecule has 0 bridgehead atoms. The van der Waals surface area contributed by atoms with Gasteiger partial charge in [0.25, 0.3) is 0 Å². The van der Waals surface area contributed by atoms with Crippen molar-refractivity contribution in [2.75, 3.05) is 26.7 Å². The molecule has 0 N–H and O–H groups in total. The van der Waals surface area contributed by atoms with E-state index in [-0.39, 0.29) is 0 Å². The van der Waals surface area contributed by atoms with Crippen molar-refractivity contribution in [2.45, 2.75) is 25.8 Å². The number of nitrogens with zero attached hydrogens (tertiary/aromatic N) is 2. The summed E-state index contributed by atoms with van der Waals surface area (Å²) in [6.07, 6.45) is 2.85. The van der Waals surface area contributed by atoms with Crippen LogP contribution < -0.4 is 0 Å². The Morgan fingerprint density at radius 2 is 2.39 bits per heavy atom. The topological polar surface area (TPSA) is 23.6 Å².